The molecule has 8 heteroatoms. The van der Waals surface area contributed by atoms with Crippen LogP contribution in [0, 0.1) is 0 Å². The molecule has 2 aromatic heterocycles. The van der Waals surface area contributed by atoms with Crippen LogP contribution in [0.3, 0.4) is 0 Å². The van der Waals surface area contributed by atoms with Gasteiger partial charge in [0.05, 0.1) is 5.69 Å². The minimum atomic E-state index is -0.723. The third kappa shape index (κ3) is 2.59. The number of aromatic amines is 1. The predicted octanol–water partition coefficient (Wildman–Crippen LogP) is 1.98. The van der Waals surface area contributed by atoms with E-state index >= 15 is 0 Å². The molecular weight excluding hydrogens is 318 g/mol. The molecule has 0 fully saturated rings. The van der Waals surface area contributed by atoms with Crippen LogP contribution < -0.4 is 11.4 Å². The van der Waals surface area contributed by atoms with Gasteiger partial charge in [0.1, 0.15) is 11.3 Å². The molecule has 0 bridgehead atoms. The maximum absolute atomic E-state index is 12.4. The van der Waals surface area contributed by atoms with Crippen LogP contribution in [0.4, 0.5) is 0 Å². The van der Waals surface area contributed by atoms with Gasteiger partial charge in [0.25, 0.3) is 5.91 Å². The fourth-order valence-electron chi connectivity index (χ4n) is 2.29. The van der Waals surface area contributed by atoms with Gasteiger partial charge >= 0.3 is 5.69 Å². The number of rotatable bonds is 3. The van der Waals surface area contributed by atoms with Crippen LogP contribution in [0.1, 0.15) is 36.1 Å². The lowest BCUT2D eigenvalue weighted by molar-refractivity contribution is 0.0996. The lowest BCUT2D eigenvalue weighted by atomic mass is 10.2. The molecule has 2 heterocycles. The largest absolute Gasteiger partial charge is 0.364 e. The quantitative estimate of drug-likeness (QED) is 0.765. The summed E-state index contributed by atoms with van der Waals surface area (Å²) in [5.41, 5.74) is 5.99. The minimum Gasteiger partial charge on any atom is -0.364 e. The summed E-state index contributed by atoms with van der Waals surface area (Å²) in [6.45, 7) is 3.78. The Labute approximate surface area is 136 Å². The van der Waals surface area contributed by atoms with Gasteiger partial charge in [-0.1, -0.05) is 31.5 Å². The highest BCUT2D eigenvalue weighted by Crippen LogP contribution is 2.21. The van der Waals surface area contributed by atoms with Crippen molar-refractivity contribution in [2.24, 2.45) is 5.73 Å². The van der Waals surface area contributed by atoms with Crippen LogP contribution in [-0.2, 0) is 0 Å². The number of imidazole rings is 1. The molecular formula is C15H14ClN5O2. The highest BCUT2D eigenvalue weighted by molar-refractivity contribution is 6.30. The summed E-state index contributed by atoms with van der Waals surface area (Å²) in [4.78, 5) is 35.2. The zero-order valence-corrected chi connectivity index (χ0v) is 13.3. The second kappa shape index (κ2) is 5.51. The fourth-order valence-corrected chi connectivity index (χ4v) is 2.48. The van der Waals surface area contributed by atoms with E-state index in [1.807, 2.05) is 13.8 Å². The second-order valence-corrected chi connectivity index (χ2v) is 5.83. The number of fused-ring (bicyclic) bond motifs is 1. The van der Waals surface area contributed by atoms with E-state index in [9.17, 15) is 9.59 Å². The number of primary amides is 1. The van der Waals surface area contributed by atoms with E-state index in [2.05, 4.69) is 15.0 Å². The van der Waals surface area contributed by atoms with Crippen molar-refractivity contribution in [3.8, 4) is 5.69 Å². The van der Waals surface area contributed by atoms with Crippen LogP contribution in [-0.4, -0.2) is 25.4 Å². The molecule has 0 saturated carbocycles. The molecule has 1 amide bonds. The molecule has 0 unspecified atom stereocenters. The first-order chi connectivity index (χ1) is 10.9. The van der Waals surface area contributed by atoms with Crippen molar-refractivity contribution >= 4 is 28.7 Å². The average Bonchev–Trinajstić information content (AvgIpc) is 2.81. The smallest absolute Gasteiger partial charge is 0.332 e. The molecule has 0 spiro atoms. The number of carbonyl (C=O) groups is 1. The first kappa shape index (κ1) is 15.2. The van der Waals surface area contributed by atoms with Crippen LogP contribution in [0.25, 0.3) is 16.9 Å². The number of nitrogens with one attached hydrogen (secondary N) is 1. The Bertz CT molecular complexity index is 974. The molecule has 0 aliphatic carbocycles. The molecule has 1 aromatic carbocycles. The van der Waals surface area contributed by atoms with Crippen molar-refractivity contribution in [1.82, 2.24) is 19.5 Å². The Hall–Kier alpha value is -2.67. The normalized spacial score (nSPS) is 11.3. The van der Waals surface area contributed by atoms with Gasteiger partial charge in [-0.25, -0.2) is 19.3 Å². The molecule has 0 atom stereocenters. The maximum Gasteiger partial charge on any atom is 0.332 e. The van der Waals surface area contributed by atoms with Crippen molar-refractivity contribution in [3.05, 3.63) is 51.3 Å². The third-order valence-corrected chi connectivity index (χ3v) is 3.61. The van der Waals surface area contributed by atoms with E-state index in [4.69, 9.17) is 17.3 Å². The molecule has 3 rings (SSSR count). The Balaban J connectivity index is 2.42. The summed E-state index contributed by atoms with van der Waals surface area (Å²) in [7, 11) is 0. The molecule has 0 radical (unpaired) electrons. The highest BCUT2D eigenvalue weighted by Gasteiger charge is 2.20. The zero-order chi connectivity index (χ0) is 16.7. The standard InChI is InChI=1S/C15H14ClN5O2/c1-7(2)13-18-10(12(17)22)11-14(20-13)21(15(23)19-11)9-5-3-4-8(16)6-9/h3-7H,1-2H3,(H2,17,22)(H,19,23). The lowest BCUT2D eigenvalue weighted by Crippen LogP contribution is -2.16. The van der Waals surface area contributed by atoms with Crippen molar-refractivity contribution in [2.45, 2.75) is 19.8 Å². The first-order valence-electron chi connectivity index (χ1n) is 6.97. The minimum absolute atomic E-state index is 0.00317. The zero-order valence-electron chi connectivity index (χ0n) is 12.5. The van der Waals surface area contributed by atoms with Gasteiger partial charge in [0.15, 0.2) is 11.3 Å². The summed E-state index contributed by atoms with van der Waals surface area (Å²) in [5.74, 6) is -0.324. The van der Waals surface area contributed by atoms with E-state index in [1.165, 1.54) is 4.57 Å². The predicted molar refractivity (Wildman–Crippen MR) is 87.1 cm³/mol. The van der Waals surface area contributed by atoms with Crippen molar-refractivity contribution in [1.29, 1.82) is 0 Å². The summed E-state index contributed by atoms with van der Waals surface area (Å²) >= 11 is 6.00. The lowest BCUT2D eigenvalue weighted by Gasteiger charge is -2.08. The van der Waals surface area contributed by atoms with Gasteiger partial charge in [-0.3, -0.25) is 4.79 Å². The van der Waals surface area contributed by atoms with Gasteiger partial charge in [-0.05, 0) is 18.2 Å². The second-order valence-electron chi connectivity index (χ2n) is 5.39. The van der Waals surface area contributed by atoms with Gasteiger partial charge in [0.2, 0.25) is 0 Å². The maximum atomic E-state index is 12.4. The summed E-state index contributed by atoms with van der Waals surface area (Å²) in [6, 6.07) is 6.79. The van der Waals surface area contributed by atoms with Crippen LogP contribution in [0.15, 0.2) is 29.1 Å². The van der Waals surface area contributed by atoms with Crippen molar-refractivity contribution < 1.29 is 4.79 Å². The average molecular weight is 332 g/mol. The molecule has 23 heavy (non-hydrogen) atoms. The number of halogens is 1. The number of H-pyrrole nitrogens is 1. The fraction of sp³-hybridized carbons (Fsp3) is 0.200. The summed E-state index contributed by atoms with van der Waals surface area (Å²) in [6.07, 6.45) is 0. The third-order valence-electron chi connectivity index (χ3n) is 3.37. The Kier molecular flexibility index (Phi) is 3.65. The summed E-state index contributed by atoms with van der Waals surface area (Å²) in [5, 5.41) is 0.483. The number of aromatic nitrogens is 4. The molecule has 0 saturated heterocycles. The van der Waals surface area contributed by atoms with E-state index in [0.717, 1.165) is 0 Å². The Morgan fingerprint density at radius 2 is 2.09 bits per heavy atom. The van der Waals surface area contributed by atoms with E-state index in [-0.39, 0.29) is 17.1 Å². The number of nitrogens with two attached hydrogens (primary N) is 1. The van der Waals surface area contributed by atoms with Crippen LogP contribution in [0.2, 0.25) is 5.02 Å². The first-order valence-corrected chi connectivity index (χ1v) is 7.34. The Morgan fingerprint density at radius 1 is 1.35 bits per heavy atom. The number of hydrogen-bond acceptors (Lipinski definition) is 4. The molecule has 0 aliphatic rings. The van der Waals surface area contributed by atoms with E-state index in [0.29, 0.717) is 22.2 Å². The molecule has 3 aromatic rings. The number of nitrogens with zero attached hydrogens (tertiary/aromatic N) is 3. The SMILES string of the molecule is CC(C)c1nc(C(N)=O)c2[nH]c(=O)n(-c3cccc(Cl)c3)c2n1. The number of benzene rings is 1. The molecule has 3 N–H and O–H groups in total. The van der Waals surface area contributed by atoms with Crippen LogP contribution >= 0.6 is 11.6 Å². The van der Waals surface area contributed by atoms with E-state index < -0.39 is 11.6 Å². The van der Waals surface area contributed by atoms with Gasteiger partial charge < -0.3 is 10.7 Å². The van der Waals surface area contributed by atoms with Gasteiger partial charge in [-0.15, -0.1) is 0 Å². The topological polar surface area (TPSA) is 107 Å². The molecule has 7 nitrogen and oxygen atoms in total. The number of carbonyl (C=O) groups excluding carboxylic acids is 1. The van der Waals surface area contributed by atoms with Gasteiger partial charge in [-0.2, -0.15) is 0 Å². The van der Waals surface area contributed by atoms with E-state index in [1.54, 1.807) is 24.3 Å². The number of hydrogen-bond donors (Lipinski definition) is 2. The van der Waals surface area contributed by atoms with Crippen LogP contribution in [0.5, 0.6) is 0 Å². The Morgan fingerprint density at radius 3 is 2.70 bits per heavy atom. The van der Waals surface area contributed by atoms with Crippen molar-refractivity contribution in [3.63, 3.8) is 0 Å². The summed E-state index contributed by atoms with van der Waals surface area (Å²) < 4.78 is 1.35. The molecule has 0 aliphatic heterocycles. The van der Waals surface area contributed by atoms with Gasteiger partial charge in [0, 0.05) is 10.9 Å². The highest BCUT2D eigenvalue weighted by atomic mass is 35.5. The van der Waals surface area contributed by atoms with Crippen molar-refractivity contribution in [2.75, 3.05) is 0 Å². The monoisotopic (exact) mass is 331 g/mol. The molecule has 118 valence electrons. The number of amides is 1.